The highest BCUT2D eigenvalue weighted by atomic mass is 16.6. The van der Waals surface area contributed by atoms with Crippen molar-refractivity contribution < 1.29 is 28.7 Å². The van der Waals surface area contributed by atoms with E-state index in [4.69, 9.17) is 13.9 Å². The highest BCUT2D eigenvalue weighted by Gasteiger charge is 2.19. The van der Waals surface area contributed by atoms with E-state index in [-0.39, 0.29) is 23.6 Å². The number of ether oxygens (including phenoxy) is 2. The lowest BCUT2D eigenvalue weighted by Gasteiger charge is -2.11. The van der Waals surface area contributed by atoms with Gasteiger partial charge in [-0.05, 0) is 42.5 Å². The van der Waals surface area contributed by atoms with Crippen LogP contribution in [-0.2, 0) is 6.61 Å². The Morgan fingerprint density at radius 1 is 1.10 bits per heavy atom. The van der Waals surface area contributed by atoms with Gasteiger partial charge in [-0.25, -0.2) is 0 Å². The predicted octanol–water partition coefficient (Wildman–Crippen LogP) is 3.62. The van der Waals surface area contributed by atoms with Gasteiger partial charge in [0.1, 0.15) is 23.9 Å². The minimum Gasteiger partial charge on any atom is -0.496 e. The Hall–Kier alpha value is -3.85. The number of carbonyl (C=O) groups excluding carboxylic acids is 1. The first-order valence-electron chi connectivity index (χ1n) is 8.48. The second kappa shape index (κ2) is 8.44. The topological polar surface area (TPSA) is 124 Å². The Bertz CT molecular complexity index is 1060. The summed E-state index contributed by atoms with van der Waals surface area (Å²) >= 11 is 0. The summed E-state index contributed by atoms with van der Waals surface area (Å²) in [5.74, 6) is 0.907. The molecule has 0 saturated heterocycles. The number of methoxy groups -OCH3 is 2. The first kappa shape index (κ1) is 19.9. The van der Waals surface area contributed by atoms with Gasteiger partial charge >= 0.3 is 5.69 Å². The number of hydrogen-bond acceptors (Lipinski definition) is 7. The lowest BCUT2D eigenvalue weighted by molar-refractivity contribution is -0.385. The van der Waals surface area contributed by atoms with Crippen LogP contribution >= 0.6 is 0 Å². The third kappa shape index (κ3) is 4.19. The van der Waals surface area contributed by atoms with Gasteiger partial charge in [0.2, 0.25) is 0 Å². The van der Waals surface area contributed by atoms with Gasteiger partial charge in [-0.2, -0.15) is 0 Å². The van der Waals surface area contributed by atoms with Crippen LogP contribution in [0, 0.1) is 10.1 Å². The van der Waals surface area contributed by atoms with Gasteiger partial charge in [0.15, 0.2) is 5.75 Å². The summed E-state index contributed by atoms with van der Waals surface area (Å²) < 4.78 is 15.8. The number of nitro groups is 1. The fourth-order valence-electron chi connectivity index (χ4n) is 2.76. The molecule has 1 heterocycles. The van der Waals surface area contributed by atoms with Crippen LogP contribution in [0.5, 0.6) is 11.5 Å². The van der Waals surface area contributed by atoms with E-state index in [0.29, 0.717) is 28.5 Å². The molecule has 1 amide bonds. The molecule has 3 aromatic rings. The Morgan fingerprint density at radius 2 is 1.83 bits per heavy atom. The molecule has 9 heteroatoms. The fourth-order valence-corrected chi connectivity index (χ4v) is 2.76. The van der Waals surface area contributed by atoms with Gasteiger partial charge in [0.25, 0.3) is 5.91 Å². The van der Waals surface area contributed by atoms with Crippen LogP contribution in [0.3, 0.4) is 0 Å². The Balaban J connectivity index is 1.90. The molecule has 3 rings (SSSR count). The van der Waals surface area contributed by atoms with Crippen molar-refractivity contribution in [3.63, 3.8) is 0 Å². The number of furan rings is 1. The molecule has 0 aliphatic heterocycles. The molecule has 2 N–H and O–H groups in total. The van der Waals surface area contributed by atoms with Crippen molar-refractivity contribution in [2.24, 2.45) is 0 Å². The van der Waals surface area contributed by atoms with E-state index < -0.39 is 10.8 Å². The zero-order chi connectivity index (χ0) is 21.0. The van der Waals surface area contributed by atoms with Crippen molar-refractivity contribution in [3.8, 4) is 22.8 Å². The summed E-state index contributed by atoms with van der Waals surface area (Å²) in [6.07, 6.45) is 0. The van der Waals surface area contributed by atoms with Gasteiger partial charge in [-0.15, -0.1) is 0 Å². The minimum atomic E-state index is -0.614. The van der Waals surface area contributed by atoms with Crippen molar-refractivity contribution in [2.45, 2.75) is 6.61 Å². The quantitative estimate of drug-likeness (QED) is 0.460. The highest BCUT2D eigenvalue weighted by molar-refractivity contribution is 6.05. The second-order valence-electron chi connectivity index (χ2n) is 5.94. The summed E-state index contributed by atoms with van der Waals surface area (Å²) in [6.45, 7) is -0.241. The number of anilines is 1. The molecule has 2 aromatic carbocycles. The average molecular weight is 398 g/mol. The van der Waals surface area contributed by atoms with Crippen LogP contribution in [0.1, 0.15) is 16.1 Å². The molecule has 29 heavy (non-hydrogen) atoms. The Morgan fingerprint density at radius 3 is 2.45 bits per heavy atom. The molecule has 0 fully saturated rings. The normalized spacial score (nSPS) is 10.4. The third-order valence-corrected chi connectivity index (χ3v) is 4.18. The number of aliphatic hydroxyl groups excluding tert-OH is 1. The Labute approximate surface area is 165 Å². The van der Waals surface area contributed by atoms with Gasteiger partial charge < -0.3 is 24.3 Å². The van der Waals surface area contributed by atoms with Gasteiger partial charge in [0, 0.05) is 17.3 Å². The molecule has 9 nitrogen and oxygen atoms in total. The van der Waals surface area contributed by atoms with E-state index in [1.54, 1.807) is 30.3 Å². The van der Waals surface area contributed by atoms with Gasteiger partial charge in [-0.3, -0.25) is 14.9 Å². The molecular formula is C20H18N2O7. The van der Waals surface area contributed by atoms with Crippen molar-refractivity contribution in [1.29, 1.82) is 0 Å². The molecule has 0 radical (unpaired) electrons. The molecule has 0 spiro atoms. The van der Waals surface area contributed by atoms with Crippen molar-refractivity contribution in [1.82, 2.24) is 0 Å². The van der Waals surface area contributed by atoms with Crippen LogP contribution in [0.4, 0.5) is 11.4 Å². The van der Waals surface area contributed by atoms with Crippen molar-refractivity contribution in [3.05, 3.63) is 70.0 Å². The number of aliphatic hydroxyl groups is 1. The molecule has 0 bridgehead atoms. The molecular weight excluding hydrogens is 380 g/mol. The maximum absolute atomic E-state index is 12.6. The summed E-state index contributed by atoms with van der Waals surface area (Å²) in [7, 11) is 2.82. The standard InChI is InChI=1S/C20H18N2O7/c1-27-17-7-4-13(10-15(17)18-8-5-14(11-23)29-18)21-20(24)12-3-6-19(28-2)16(9-12)22(25)26/h3-10,23H,11H2,1-2H3,(H,21,24). The first-order chi connectivity index (χ1) is 14.0. The third-order valence-electron chi connectivity index (χ3n) is 4.18. The van der Waals surface area contributed by atoms with Crippen LogP contribution < -0.4 is 14.8 Å². The van der Waals surface area contributed by atoms with E-state index in [0.717, 1.165) is 6.07 Å². The first-order valence-corrected chi connectivity index (χ1v) is 8.48. The number of rotatable bonds is 7. The predicted molar refractivity (Wildman–Crippen MR) is 104 cm³/mol. The van der Waals surface area contributed by atoms with Crippen LogP contribution in [0.15, 0.2) is 52.9 Å². The number of nitro benzene ring substituents is 1. The minimum absolute atomic E-state index is 0.0655. The summed E-state index contributed by atoms with van der Waals surface area (Å²) in [5, 5.41) is 23.0. The van der Waals surface area contributed by atoms with E-state index in [9.17, 15) is 20.0 Å². The number of benzene rings is 2. The lowest BCUT2D eigenvalue weighted by atomic mass is 10.1. The van der Waals surface area contributed by atoms with Crippen molar-refractivity contribution in [2.75, 3.05) is 19.5 Å². The van der Waals surface area contributed by atoms with Crippen LogP contribution in [0.25, 0.3) is 11.3 Å². The van der Waals surface area contributed by atoms with Crippen molar-refractivity contribution >= 4 is 17.3 Å². The summed E-state index contributed by atoms with van der Waals surface area (Å²) in [6, 6.07) is 12.2. The molecule has 150 valence electrons. The zero-order valence-electron chi connectivity index (χ0n) is 15.7. The maximum atomic E-state index is 12.6. The fraction of sp³-hybridized carbons (Fsp3) is 0.150. The van der Waals surface area contributed by atoms with E-state index in [1.165, 1.54) is 26.4 Å². The zero-order valence-corrected chi connectivity index (χ0v) is 15.7. The van der Waals surface area contributed by atoms with Crippen LogP contribution in [0.2, 0.25) is 0 Å². The summed E-state index contributed by atoms with van der Waals surface area (Å²) in [5.41, 5.74) is 0.815. The van der Waals surface area contributed by atoms with E-state index in [2.05, 4.69) is 5.32 Å². The van der Waals surface area contributed by atoms with Crippen LogP contribution in [-0.4, -0.2) is 30.2 Å². The number of hydrogen-bond donors (Lipinski definition) is 2. The SMILES string of the molecule is COc1ccc(NC(=O)c2ccc(OC)c([N+](=O)[O-])c2)cc1-c1ccc(CO)o1. The summed E-state index contributed by atoms with van der Waals surface area (Å²) in [4.78, 5) is 23.1. The average Bonchev–Trinajstić information content (AvgIpc) is 3.22. The molecule has 0 saturated carbocycles. The lowest BCUT2D eigenvalue weighted by Crippen LogP contribution is -2.12. The number of nitrogens with one attached hydrogen (secondary N) is 1. The molecule has 0 aliphatic rings. The molecule has 0 unspecified atom stereocenters. The molecule has 1 aromatic heterocycles. The maximum Gasteiger partial charge on any atom is 0.311 e. The van der Waals surface area contributed by atoms with Gasteiger partial charge in [-0.1, -0.05) is 0 Å². The van der Waals surface area contributed by atoms with E-state index >= 15 is 0 Å². The monoisotopic (exact) mass is 398 g/mol. The number of amides is 1. The largest absolute Gasteiger partial charge is 0.496 e. The molecule has 0 aliphatic carbocycles. The Kier molecular flexibility index (Phi) is 5.79. The van der Waals surface area contributed by atoms with Gasteiger partial charge in [0.05, 0.1) is 24.7 Å². The smallest absolute Gasteiger partial charge is 0.311 e. The molecule has 0 atom stereocenters. The van der Waals surface area contributed by atoms with E-state index in [1.807, 2.05) is 0 Å². The number of carbonyl (C=O) groups is 1. The highest BCUT2D eigenvalue weighted by Crippen LogP contribution is 2.34. The number of nitrogens with zero attached hydrogens (tertiary/aromatic N) is 1. The second-order valence-corrected chi connectivity index (χ2v) is 5.94.